The Morgan fingerprint density at radius 2 is 2.17 bits per heavy atom. The van der Waals surface area contributed by atoms with Crippen LogP contribution in [-0.4, -0.2) is 0 Å². The van der Waals surface area contributed by atoms with Gasteiger partial charge < -0.3 is 0 Å². The molecule has 0 rings (SSSR count). The molecule has 0 aliphatic heterocycles. The molecule has 0 aliphatic carbocycles. The molecule has 0 amide bonds. The highest BCUT2D eigenvalue weighted by Gasteiger charge is 1.62. The van der Waals surface area contributed by atoms with E-state index in [0.717, 1.165) is 5.57 Å². The summed E-state index contributed by atoms with van der Waals surface area (Å²) in [5, 5.41) is 0. The minimum atomic E-state index is 0.928. The van der Waals surface area contributed by atoms with Crippen LogP contribution in [0.4, 0.5) is 0 Å². The maximum absolute atomic E-state index is 3.57. The zero-order valence-electron chi connectivity index (χ0n) is 4.21. The quantitative estimate of drug-likeness (QED) is 0.387. The van der Waals surface area contributed by atoms with E-state index in [1.165, 1.54) is 0 Å². The maximum Gasteiger partial charge on any atom is -0.00234 e. The molecule has 0 atom stereocenters. The van der Waals surface area contributed by atoms with E-state index < -0.39 is 0 Å². The Labute approximate surface area is 38.9 Å². The number of hydrogen-bond acceptors (Lipinski definition) is 0. The summed E-state index contributed by atoms with van der Waals surface area (Å²) >= 11 is 0. The zero-order valence-corrected chi connectivity index (χ0v) is 4.21. The zero-order chi connectivity index (χ0) is 4.99. The van der Waals surface area contributed by atoms with Gasteiger partial charge in [0.2, 0.25) is 0 Å². The standard InChI is InChI=1S/C6H8/c1-4-5-6(2)3/h2H2,1,3H3. The molecule has 0 N–H and O–H groups in total. The molecule has 0 saturated heterocycles. The van der Waals surface area contributed by atoms with Crippen LogP contribution >= 0.6 is 0 Å². The van der Waals surface area contributed by atoms with Crippen molar-refractivity contribution in [3.63, 3.8) is 0 Å². The Balaban J connectivity index is 3.50. The Kier molecular flexibility index (Phi) is 2.24. The van der Waals surface area contributed by atoms with Crippen LogP contribution in [0, 0.1) is 11.8 Å². The monoisotopic (exact) mass is 80.1 g/mol. The molecular weight excluding hydrogens is 72.1 g/mol. The summed E-state index contributed by atoms with van der Waals surface area (Å²) < 4.78 is 0. The normalized spacial score (nSPS) is 5.67. The van der Waals surface area contributed by atoms with Gasteiger partial charge in [-0.25, -0.2) is 0 Å². The van der Waals surface area contributed by atoms with E-state index in [4.69, 9.17) is 0 Å². The number of hydrogen-bond donors (Lipinski definition) is 0. The lowest BCUT2D eigenvalue weighted by atomic mass is 10.4. The van der Waals surface area contributed by atoms with Crippen molar-refractivity contribution in [2.45, 2.75) is 13.8 Å². The van der Waals surface area contributed by atoms with Gasteiger partial charge in [0.25, 0.3) is 0 Å². The first kappa shape index (κ1) is 5.30. The summed E-state index contributed by atoms with van der Waals surface area (Å²) in [5.41, 5.74) is 0.928. The highest BCUT2D eigenvalue weighted by atomic mass is 13.7. The first-order valence-corrected chi connectivity index (χ1v) is 1.85. The van der Waals surface area contributed by atoms with Crippen LogP contribution in [-0.2, 0) is 0 Å². The van der Waals surface area contributed by atoms with Crippen molar-refractivity contribution >= 4 is 0 Å². The third kappa shape index (κ3) is 3.30. The SMILES string of the molecule is C=C(C)C#CC. The second-order valence-electron chi connectivity index (χ2n) is 1.16. The van der Waals surface area contributed by atoms with Crippen LogP contribution < -0.4 is 0 Å². The summed E-state index contributed by atoms with van der Waals surface area (Å²) in [5.74, 6) is 5.48. The van der Waals surface area contributed by atoms with Crippen LogP contribution in [0.5, 0.6) is 0 Å². The molecule has 0 heteroatoms. The van der Waals surface area contributed by atoms with Crippen molar-refractivity contribution < 1.29 is 0 Å². The molecule has 0 aliphatic rings. The minimum Gasteiger partial charge on any atom is -0.102 e. The predicted molar refractivity (Wildman–Crippen MR) is 28.3 cm³/mol. The number of allylic oxidation sites excluding steroid dienone is 1. The lowest BCUT2D eigenvalue weighted by Crippen LogP contribution is -1.55. The van der Waals surface area contributed by atoms with E-state index in [1.54, 1.807) is 6.92 Å². The summed E-state index contributed by atoms with van der Waals surface area (Å²) in [7, 11) is 0. The third-order valence-electron chi connectivity index (χ3n) is 0.338. The molecule has 0 radical (unpaired) electrons. The fourth-order valence-electron chi connectivity index (χ4n) is 0.213. The van der Waals surface area contributed by atoms with Crippen molar-refractivity contribution in [3.8, 4) is 11.8 Å². The van der Waals surface area contributed by atoms with E-state index in [-0.39, 0.29) is 0 Å². The van der Waals surface area contributed by atoms with Gasteiger partial charge in [-0.3, -0.25) is 0 Å². The van der Waals surface area contributed by atoms with Crippen LogP contribution in [0.2, 0.25) is 0 Å². The second kappa shape index (κ2) is 2.53. The molecule has 0 aromatic rings. The van der Waals surface area contributed by atoms with E-state index >= 15 is 0 Å². The lowest BCUT2D eigenvalue weighted by molar-refractivity contribution is 1.62. The van der Waals surface area contributed by atoms with Gasteiger partial charge in [0.15, 0.2) is 0 Å². The average molecular weight is 80.1 g/mol. The van der Waals surface area contributed by atoms with Crippen LogP contribution in [0.1, 0.15) is 13.8 Å². The second-order valence-corrected chi connectivity index (χ2v) is 1.16. The van der Waals surface area contributed by atoms with Gasteiger partial charge in [-0.2, -0.15) is 0 Å². The summed E-state index contributed by atoms with van der Waals surface area (Å²) in [6.07, 6.45) is 0. The van der Waals surface area contributed by atoms with Crippen LogP contribution in [0.15, 0.2) is 12.2 Å². The van der Waals surface area contributed by atoms with Gasteiger partial charge in [0, 0.05) is 0 Å². The predicted octanol–water partition coefficient (Wildman–Crippen LogP) is 1.59. The van der Waals surface area contributed by atoms with Crippen molar-refractivity contribution in [1.29, 1.82) is 0 Å². The first-order valence-electron chi connectivity index (χ1n) is 1.85. The van der Waals surface area contributed by atoms with Gasteiger partial charge >= 0.3 is 0 Å². The van der Waals surface area contributed by atoms with E-state index in [0.29, 0.717) is 0 Å². The van der Waals surface area contributed by atoms with E-state index in [1.807, 2.05) is 6.92 Å². The fraction of sp³-hybridized carbons (Fsp3) is 0.333. The van der Waals surface area contributed by atoms with Crippen molar-refractivity contribution in [1.82, 2.24) is 0 Å². The van der Waals surface area contributed by atoms with Gasteiger partial charge in [0.05, 0.1) is 0 Å². The van der Waals surface area contributed by atoms with Crippen LogP contribution in [0.3, 0.4) is 0 Å². The molecule has 32 valence electrons. The summed E-state index contributed by atoms with van der Waals surface area (Å²) in [6.45, 7) is 7.26. The molecule has 0 aromatic heterocycles. The molecule has 0 heterocycles. The topological polar surface area (TPSA) is 0 Å². The van der Waals surface area contributed by atoms with E-state index in [2.05, 4.69) is 18.4 Å². The summed E-state index contributed by atoms with van der Waals surface area (Å²) in [4.78, 5) is 0. The number of rotatable bonds is 0. The maximum atomic E-state index is 3.57. The molecule has 0 saturated carbocycles. The lowest BCUT2D eigenvalue weighted by Gasteiger charge is -1.69. The Bertz CT molecular complexity index is 98.9. The van der Waals surface area contributed by atoms with Crippen LogP contribution in [0.25, 0.3) is 0 Å². The molecule has 0 aromatic carbocycles. The van der Waals surface area contributed by atoms with Crippen molar-refractivity contribution in [2.75, 3.05) is 0 Å². The molecule has 0 bridgehead atoms. The molecular formula is C6H8. The Morgan fingerprint density at radius 1 is 1.67 bits per heavy atom. The smallest absolute Gasteiger partial charge is 0.00234 e. The van der Waals surface area contributed by atoms with Gasteiger partial charge in [-0.15, -0.1) is 5.92 Å². The Morgan fingerprint density at radius 3 is 2.17 bits per heavy atom. The third-order valence-corrected chi connectivity index (χ3v) is 0.338. The summed E-state index contributed by atoms with van der Waals surface area (Å²) in [6, 6.07) is 0. The highest BCUT2D eigenvalue weighted by molar-refractivity contribution is 5.21. The van der Waals surface area contributed by atoms with E-state index in [9.17, 15) is 0 Å². The molecule has 0 fully saturated rings. The minimum absolute atomic E-state index is 0.928. The molecule has 0 unspecified atom stereocenters. The van der Waals surface area contributed by atoms with Crippen molar-refractivity contribution in [3.05, 3.63) is 12.2 Å². The Hall–Kier alpha value is -0.700. The largest absolute Gasteiger partial charge is 0.102 e. The van der Waals surface area contributed by atoms with Gasteiger partial charge in [0.1, 0.15) is 0 Å². The average Bonchev–Trinajstić information content (AvgIpc) is 1.35. The molecule has 0 nitrogen and oxygen atoms in total. The van der Waals surface area contributed by atoms with Gasteiger partial charge in [-0.05, 0) is 19.4 Å². The highest BCUT2D eigenvalue weighted by Crippen LogP contribution is 1.77. The fourth-order valence-corrected chi connectivity index (χ4v) is 0.213. The van der Waals surface area contributed by atoms with Gasteiger partial charge in [-0.1, -0.05) is 12.5 Å². The first-order chi connectivity index (χ1) is 2.77. The van der Waals surface area contributed by atoms with Crippen molar-refractivity contribution in [2.24, 2.45) is 0 Å². The molecule has 0 spiro atoms. The molecule has 6 heavy (non-hydrogen) atoms.